The minimum Gasteiger partial charge on any atom is -0.497 e. The van der Waals surface area contributed by atoms with Gasteiger partial charge in [0, 0.05) is 23.4 Å². The number of nitrogens with zero attached hydrogens (tertiary/aromatic N) is 1. The summed E-state index contributed by atoms with van der Waals surface area (Å²) in [6.07, 6.45) is 1.93. The van der Waals surface area contributed by atoms with Crippen molar-refractivity contribution < 1.29 is 19.1 Å². The van der Waals surface area contributed by atoms with Crippen LogP contribution >= 0.6 is 11.8 Å². The molecule has 0 fully saturated rings. The molecule has 8 heteroatoms. The molecule has 0 spiro atoms. The lowest BCUT2D eigenvalue weighted by atomic mass is 9.77. The number of methoxy groups -OCH3 is 1. The number of thioether (sulfide) groups is 1. The van der Waals surface area contributed by atoms with Crippen molar-refractivity contribution in [3.05, 3.63) is 112 Å². The topological polar surface area (TPSA) is 100 Å². The van der Waals surface area contributed by atoms with Crippen LogP contribution in [-0.4, -0.2) is 24.6 Å². The van der Waals surface area contributed by atoms with Crippen LogP contribution in [0.4, 0.5) is 5.69 Å². The third-order valence-corrected chi connectivity index (χ3v) is 7.86. The highest BCUT2D eigenvalue weighted by Gasteiger charge is 2.37. The lowest BCUT2D eigenvalue weighted by molar-refractivity contribution is -0.116. The number of carbonyl (C=O) groups is 2. The van der Waals surface area contributed by atoms with Gasteiger partial charge in [0.1, 0.15) is 18.1 Å². The van der Waals surface area contributed by atoms with Gasteiger partial charge in [-0.05, 0) is 60.4 Å². The van der Waals surface area contributed by atoms with Gasteiger partial charge in [0.25, 0.3) is 0 Å². The zero-order valence-corrected chi connectivity index (χ0v) is 22.9. The summed E-state index contributed by atoms with van der Waals surface area (Å²) in [6, 6.07) is 26.9. The fourth-order valence-electron chi connectivity index (χ4n) is 4.88. The van der Waals surface area contributed by atoms with Crippen molar-refractivity contribution >= 4 is 29.1 Å². The summed E-state index contributed by atoms with van der Waals surface area (Å²) in [7, 11) is 1.59. The van der Waals surface area contributed by atoms with Gasteiger partial charge >= 0.3 is 0 Å². The first-order valence-electron chi connectivity index (χ1n) is 13.1. The number of nitriles is 1. The number of Topliss-reactive ketones (excluding diaryl/α,β-unsaturated/α-hetero) is 1. The molecule has 2 aliphatic rings. The number of dihydropyridines is 1. The molecule has 202 valence electrons. The van der Waals surface area contributed by atoms with Gasteiger partial charge in [0.15, 0.2) is 5.78 Å². The quantitative estimate of drug-likeness (QED) is 0.333. The number of hydrogen-bond acceptors (Lipinski definition) is 7. The van der Waals surface area contributed by atoms with Crippen molar-refractivity contribution in [2.45, 2.75) is 31.8 Å². The van der Waals surface area contributed by atoms with Crippen molar-refractivity contribution in [3.8, 4) is 17.6 Å². The molecule has 0 saturated carbocycles. The average molecular weight is 552 g/mol. The fraction of sp³-hybridized carbons (Fsp3) is 0.219. The molecule has 2 N–H and O–H groups in total. The van der Waals surface area contributed by atoms with Crippen LogP contribution in [0.5, 0.6) is 11.5 Å². The maximum atomic E-state index is 13.1. The van der Waals surface area contributed by atoms with Crippen LogP contribution in [0.3, 0.4) is 0 Å². The lowest BCUT2D eigenvalue weighted by Gasteiger charge is -2.33. The Labute approximate surface area is 237 Å². The highest BCUT2D eigenvalue weighted by atomic mass is 32.2. The van der Waals surface area contributed by atoms with Gasteiger partial charge in [-0.3, -0.25) is 9.59 Å². The second kappa shape index (κ2) is 12.6. The van der Waals surface area contributed by atoms with Gasteiger partial charge in [-0.2, -0.15) is 5.26 Å². The summed E-state index contributed by atoms with van der Waals surface area (Å²) in [5.74, 6) is 0.877. The van der Waals surface area contributed by atoms with E-state index in [-0.39, 0.29) is 17.4 Å². The van der Waals surface area contributed by atoms with Crippen molar-refractivity contribution in [3.63, 3.8) is 0 Å². The zero-order chi connectivity index (χ0) is 27.9. The van der Waals surface area contributed by atoms with Crippen LogP contribution in [0.2, 0.25) is 0 Å². The van der Waals surface area contributed by atoms with Crippen molar-refractivity contribution in [1.29, 1.82) is 5.26 Å². The molecule has 1 atom stereocenters. The van der Waals surface area contributed by atoms with E-state index in [0.29, 0.717) is 46.4 Å². The minimum absolute atomic E-state index is 0.0530. The SMILES string of the molecule is COc1ccc(NC(=O)CSC2=C(C#N)[C@@H](c3ccc(OCc4ccccc4)cc3)C3=C(CCCC3=O)N2)cc1. The highest BCUT2D eigenvalue weighted by Crippen LogP contribution is 2.44. The number of ketones is 1. The average Bonchev–Trinajstić information content (AvgIpc) is 2.99. The standard InChI is InChI=1S/C32H29N3O4S/c1-38-24-16-12-23(13-17-24)34-29(37)20-40-32-26(18-33)30(31-27(35-32)8-5-9-28(31)36)22-10-14-25(15-11-22)39-19-21-6-3-2-4-7-21/h2-4,6-7,10-17,30,35H,5,8-9,19-20H2,1H3,(H,34,37)/t30-/m1/s1. The van der Waals surface area contributed by atoms with E-state index in [2.05, 4.69) is 16.7 Å². The molecule has 1 heterocycles. The minimum atomic E-state index is -0.496. The number of amides is 1. The Hall–Kier alpha value is -4.48. The third kappa shape index (κ3) is 6.22. The molecule has 0 aromatic heterocycles. The molecule has 1 amide bonds. The summed E-state index contributed by atoms with van der Waals surface area (Å²) in [6.45, 7) is 0.448. The summed E-state index contributed by atoms with van der Waals surface area (Å²) < 4.78 is 11.1. The van der Waals surface area contributed by atoms with E-state index in [1.165, 1.54) is 11.8 Å². The molecule has 3 aromatic rings. The Kier molecular flexibility index (Phi) is 8.53. The number of hydrogen-bond donors (Lipinski definition) is 2. The molecule has 3 aromatic carbocycles. The molecule has 7 nitrogen and oxygen atoms in total. The Morgan fingerprint density at radius 3 is 2.45 bits per heavy atom. The molecule has 5 rings (SSSR count). The first-order chi connectivity index (χ1) is 19.6. The van der Waals surface area contributed by atoms with Gasteiger partial charge in [-0.25, -0.2) is 0 Å². The van der Waals surface area contributed by atoms with Crippen LogP contribution in [0, 0.1) is 11.3 Å². The Morgan fingerprint density at radius 2 is 1.75 bits per heavy atom. The summed E-state index contributed by atoms with van der Waals surface area (Å²) >= 11 is 1.27. The lowest BCUT2D eigenvalue weighted by Crippen LogP contribution is -2.31. The first kappa shape index (κ1) is 27.1. The molecule has 1 aliphatic heterocycles. The third-order valence-electron chi connectivity index (χ3n) is 6.85. The van der Waals surface area contributed by atoms with Gasteiger partial charge in [-0.15, -0.1) is 0 Å². The van der Waals surface area contributed by atoms with E-state index >= 15 is 0 Å². The number of carbonyl (C=O) groups excluding carboxylic acids is 2. The maximum Gasteiger partial charge on any atom is 0.234 e. The second-order valence-electron chi connectivity index (χ2n) is 9.49. The van der Waals surface area contributed by atoms with Gasteiger partial charge in [0.05, 0.1) is 35.5 Å². The van der Waals surface area contributed by atoms with Crippen LogP contribution < -0.4 is 20.1 Å². The van der Waals surface area contributed by atoms with E-state index in [4.69, 9.17) is 9.47 Å². The molecule has 1 aliphatic carbocycles. The molecule has 0 radical (unpaired) electrons. The predicted molar refractivity (Wildman–Crippen MR) is 156 cm³/mol. The van der Waals surface area contributed by atoms with E-state index in [1.807, 2.05) is 54.6 Å². The maximum absolute atomic E-state index is 13.1. The monoisotopic (exact) mass is 551 g/mol. The number of ether oxygens (including phenoxy) is 2. The van der Waals surface area contributed by atoms with E-state index in [0.717, 1.165) is 29.7 Å². The number of benzene rings is 3. The predicted octanol–water partition coefficient (Wildman–Crippen LogP) is 6.08. The van der Waals surface area contributed by atoms with Gasteiger partial charge < -0.3 is 20.1 Å². The molecule has 40 heavy (non-hydrogen) atoms. The Morgan fingerprint density at radius 1 is 1.02 bits per heavy atom. The smallest absolute Gasteiger partial charge is 0.234 e. The normalized spacial score (nSPS) is 16.5. The number of anilines is 1. The Balaban J connectivity index is 1.35. The van der Waals surface area contributed by atoms with Crippen LogP contribution in [0.15, 0.2) is 101 Å². The van der Waals surface area contributed by atoms with Crippen LogP contribution in [0.25, 0.3) is 0 Å². The molecular weight excluding hydrogens is 522 g/mol. The molecule has 0 unspecified atom stereocenters. The van der Waals surface area contributed by atoms with Crippen molar-refractivity contribution in [2.75, 3.05) is 18.2 Å². The second-order valence-corrected chi connectivity index (χ2v) is 10.5. The van der Waals surface area contributed by atoms with Crippen LogP contribution in [0.1, 0.15) is 36.3 Å². The number of nitrogens with one attached hydrogen (secondary N) is 2. The van der Waals surface area contributed by atoms with Gasteiger partial charge in [0.2, 0.25) is 5.91 Å². The van der Waals surface area contributed by atoms with E-state index < -0.39 is 5.92 Å². The van der Waals surface area contributed by atoms with Gasteiger partial charge in [-0.1, -0.05) is 54.2 Å². The summed E-state index contributed by atoms with van der Waals surface area (Å²) in [5.41, 5.74) is 4.49. The molecular formula is C32H29N3O4S. The van der Waals surface area contributed by atoms with Crippen molar-refractivity contribution in [2.24, 2.45) is 0 Å². The largest absolute Gasteiger partial charge is 0.497 e. The zero-order valence-electron chi connectivity index (χ0n) is 22.1. The summed E-state index contributed by atoms with van der Waals surface area (Å²) in [5, 5.41) is 17.1. The van der Waals surface area contributed by atoms with E-state index in [1.54, 1.807) is 31.4 Å². The van der Waals surface area contributed by atoms with Crippen molar-refractivity contribution in [1.82, 2.24) is 5.32 Å². The number of allylic oxidation sites excluding steroid dienone is 3. The molecule has 0 saturated heterocycles. The molecule has 0 bridgehead atoms. The number of rotatable bonds is 9. The summed E-state index contributed by atoms with van der Waals surface area (Å²) in [4.78, 5) is 25.8. The first-order valence-corrected chi connectivity index (χ1v) is 14.0. The highest BCUT2D eigenvalue weighted by molar-refractivity contribution is 8.03. The fourth-order valence-corrected chi connectivity index (χ4v) is 5.74. The Bertz CT molecular complexity index is 1490. The van der Waals surface area contributed by atoms with Crippen LogP contribution in [-0.2, 0) is 16.2 Å². The van der Waals surface area contributed by atoms with E-state index in [9.17, 15) is 14.9 Å².